The van der Waals surface area contributed by atoms with Gasteiger partial charge in [0.1, 0.15) is 17.5 Å². The van der Waals surface area contributed by atoms with Gasteiger partial charge in [-0.2, -0.15) is 5.10 Å². The molecule has 0 radical (unpaired) electrons. The van der Waals surface area contributed by atoms with Crippen molar-refractivity contribution in [3.63, 3.8) is 0 Å². The molecule has 0 aromatic carbocycles. The number of aromatic amines is 1. The summed E-state index contributed by atoms with van der Waals surface area (Å²) in [6.07, 6.45) is 2.38. The van der Waals surface area contributed by atoms with Crippen molar-refractivity contribution in [2.75, 3.05) is 0 Å². The first-order valence-electron chi connectivity index (χ1n) is 6.78. The summed E-state index contributed by atoms with van der Waals surface area (Å²) in [5, 5.41) is 18.1. The minimum absolute atomic E-state index is 0.105. The maximum atomic E-state index is 12.1. The van der Waals surface area contributed by atoms with Gasteiger partial charge in [0.2, 0.25) is 0 Å². The molecule has 0 aliphatic carbocycles. The maximum absolute atomic E-state index is 12.1. The fourth-order valence-corrected chi connectivity index (χ4v) is 1.92. The summed E-state index contributed by atoms with van der Waals surface area (Å²) >= 11 is 0. The number of allylic oxidation sites excluding steroid dienone is 1. The second-order valence-corrected chi connectivity index (χ2v) is 4.81. The number of nitrogens with zero attached hydrogens (tertiary/aromatic N) is 1. The van der Waals surface area contributed by atoms with E-state index in [9.17, 15) is 9.59 Å². The van der Waals surface area contributed by atoms with Gasteiger partial charge in [0, 0.05) is 6.07 Å². The van der Waals surface area contributed by atoms with Crippen LogP contribution in [0.15, 0.2) is 35.3 Å². The van der Waals surface area contributed by atoms with Gasteiger partial charge in [-0.15, -0.1) is 6.58 Å². The summed E-state index contributed by atoms with van der Waals surface area (Å²) in [7, 11) is 0. The molecule has 2 heterocycles. The van der Waals surface area contributed by atoms with Crippen molar-refractivity contribution in [1.82, 2.24) is 15.5 Å². The second-order valence-electron chi connectivity index (χ2n) is 4.81. The first-order chi connectivity index (χ1) is 10.5. The van der Waals surface area contributed by atoms with Gasteiger partial charge in [-0.1, -0.05) is 6.08 Å². The molecule has 2 rings (SSSR count). The van der Waals surface area contributed by atoms with Crippen LogP contribution in [0.4, 0.5) is 0 Å². The molecule has 0 aliphatic rings. The highest BCUT2D eigenvalue weighted by Crippen LogP contribution is 2.20. The van der Waals surface area contributed by atoms with E-state index in [0.717, 1.165) is 5.76 Å². The van der Waals surface area contributed by atoms with Gasteiger partial charge >= 0.3 is 5.97 Å². The van der Waals surface area contributed by atoms with E-state index in [4.69, 9.17) is 9.52 Å². The monoisotopic (exact) mass is 303 g/mol. The third-order valence-electron chi connectivity index (χ3n) is 3.08. The van der Waals surface area contributed by atoms with Crippen LogP contribution < -0.4 is 5.32 Å². The molecule has 0 bridgehead atoms. The molecule has 7 nitrogen and oxygen atoms in total. The molecule has 22 heavy (non-hydrogen) atoms. The van der Waals surface area contributed by atoms with Gasteiger partial charge in [0.25, 0.3) is 5.91 Å². The Labute approximate surface area is 127 Å². The average Bonchev–Trinajstić information content (AvgIpc) is 3.11. The largest absolute Gasteiger partial charge is 0.480 e. The van der Waals surface area contributed by atoms with E-state index in [2.05, 4.69) is 22.1 Å². The minimum Gasteiger partial charge on any atom is -0.480 e. The van der Waals surface area contributed by atoms with Crippen LogP contribution in [0, 0.1) is 6.92 Å². The topological polar surface area (TPSA) is 108 Å². The summed E-state index contributed by atoms with van der Waals surface area (Å²) in [6, 6.07) is 4.09. The average molecular weight is 303 g/mol. The molecular weight excluding hydrogens is 286 g/mol. The van der Waals surface area contributed by atoms with Crippen LogP contribution in [0.1, 0.15) is 29.1 Å². The molecule has 1 amide bonds. The molecule has 1 unspecified atom stereocenters. The number of aromatic nitrogens is 2. The molecule has 116 valence electrons. The van der Waals surface area contributed by atoms with Crippen molar-refractivity contribution in [3.05, 3.63) is 42.3 Å². The Bertz CT molecular complexity index is 687. The molecule has 2 aromatic heterocycles. The lowest BCUT2D eigenvalue weighted by molar-refractivity contribution is -0.139. The number of hydrogen-bond acceptors (Lipinski definition) is 4. The van der Waals surface area contributed by atoms with E-state index in [1.165, 1.54) is 6.07 Å². The van der Waals surface area contributed by atoms with Crippen molar-refractivity contribution in [1.29, 1.82) is 0 Å². The Morgan fingerprint density at radius 3 is 2.91 bits per heavy atom. The Morgan fingerprint density at radius 2 is 2.32 bits per heavy atom. The highest BCUT2D eigenvalue weighted by molar-refractivity contribution is 5.95. The highest BCUT2D eigenvalue weighted by atomic mass is 16.4. The maximum Gasteiger partial charge on any atom is 0.326 e. The number of nitrogens with one attached hydrogen (secondary N) is 2. The van der Waals surface area contributed by atoms with Gasteiger partial charge in [-0.3, -0.25) is 9.89 Å². The van der Waals surface area contributed by atoms with Crippen molar-refractivity contribution >= 4 is 11.9 Å². The number of carboxylic acid groups (broad SMARTS) is 1. The quantitative estimate of drug-likeness (QED) is 0.679. The van der Waals surface area contributed by atoms with E-state index in [0.29, 0.717) is 17.9 Å². The normalized spacial score (nSPS) is 11.9. The SMILES string of the molecule is C=CCCC(NC(=O)c1cc(-c2ccc(C)o2)[nH]n1)C(=O)O. The summed E-state index contributed by atoms with van der Waals surface area (Å²) < 4.78 is 5.43. The molecular formula is C15H17N3O4. The number of furan rings is 1. The summed E-state index contributed by atoms with van der Waals surface area (Å²) in [5.74, 6) is -0.341. The van der Waals surface area contributed by atoms with Gasteiger partial charge < -0.3 is 14.8 Å². The Balaban J connectivity index is 2.07. The molecule has 1 atom stereocenters. The van der Waals surface area contributed by atoms with E-state index >= 15 is 0 Å². The van der Waals surface area contributed by atoms with Gasteiger partial charge in [0.15, 0.2) is 11.5 Å². The molecule has 0 fully saturated rings. The molecule has 7 heteroatoms. The second kappa shape index (κ2) is 6.75. The van der Waals surface area contributed by atoms with Crippen LogP contribution in [0.25, 0.3) is 11.5 Å². The lowest BCUT2D eigenvalue weighted by Crippen LogP contribution is -2.40. The summed E-state index contributed by atoms with van der Waals surface area (Å²) in [4.78, 5) is 23.2. The predicted molar refractivity (Wildman–Crippen MR) is 79.3 cm³/mol. The predicted octanol–water partition coefficient (Wildman–Crippen LogP) is 2.13. The number of aryl methyl sites for hydroxylation is 1. The van der Waals surface area contributed by atoms with Crippen molar-refractivity contribution < 1.29 is 19.1 Å². The smallest absolute Gasteiger partial charge is 0.326 e. The minimum atomic E-state index is -1.09. The van der Waals surface area contributed by atoms with Crippen LogP contribution in [-0.2, 0) is 4.79 Å². The number of carboxylic acids is 1. The van der Waals surface area contributed by atoms with Crippen LogP contribution in [0.2, 0.25) is 0 Å². The van der Waals surface area contributed by atoms with Crippen LogP contribution in [0.3, 0.4) is 0 Å². The number of hydrogen-bond donors (Lipinski definition) is 3. The summed E-state index contributed by atoms with van der Waals surface area (Å²) in [6.45, 7) is 5.34. The number of amides is 1. The van der Waals surface area contributed by atoms with Crippen molar-refractivity contribution in [2.24, 2.45) is 0 Å². The zero-order valence-electron chi connectivity index (χ0n) is 12.1. The van der Waals surface area contributed by atoms with Gasteiger partial charge in [-0.05, 0) is 31.9 Å². The van der Waals surface area contributed by atoms with Crippen molar-refractivity contribution in [2.45, 2.75) is 25.8 Å². The van der Waals surface area contributed by atoms with Gasteiger partial charge in [0.05, 0.1) is 0 Å². The third-order valence-corrected chi connectivity index (χ3v) is 3.08. The summed E-state index contributed by atoms with van der Waals surface area (Å²) in [5.41, 5.74) is 0.658. The number of carbonyl (C=O) groups excluding carboxylic acids is 1. The zero-order valence-corrected chi connectivity index (χ0v) is 12.1. The fraction of sp³-hybridized carbons (Fsp3) is 0.267. The van der Waals surface area contributed by atoms with E-state index < -0.39 is 17.9 Å². The Morgan fingerprint density at radius 1 is 1.55 bits per heavy atom. The lowest BCUT2D eigenvalue weighted by atomic mass is 10.1. The van der Waals surface area contributed by atoms with Crippen LogP contribution in [0.5, 0.6) is 0 Å². The third kappa shape index (κ3) is 3.63. The molecule has 0 spiro atoms. The number of aliphatic carboxylic acids is 1. The molecule has 0 saturated heterocycles. The highest BCUT2D eigenvalue weighted by Gasteiger charge is 2.21. The molecule has 3 N–H and O–H groups in total. The fourth-order valence-electron chi connectivity index (χ4n) is 1.92. The standard InChI is InChI=1S/C15H17N3O4/c1-3-4-5-10(15(20)21)16-14(19)12-8-11(17-18-12)13-7-6-9(2)22-13/h3,6-8,10H,1,4-5H2,2H3,(H,16,19)(H,17,18)(H,20,21). The van der Waals surface area contributed by atoms with Gasteiger partial charge in [-0.25, -0.2) is 4.79 Å². The number of carbonyl (C=O) groups is 2. The first kappa shape index (κ1) is 15.6. The Hall–Kier alpha value is -2.83. The molecule has 0 saturated carbocycles. The van der Waals surface area contributed by atoms with E-state index in [1.807, 2.05) is 6.92 Å². The van der Waals surface area contributed by atoms with Crippen molar-refractivity contribution in [3.8, 4) is 11.5 Å². The van der Waals surface area contributed by atoms with Crippen LogP contribution in [-0.4, -0.2) is 33.2 Å². The van der Waals surface area contributed by atoms with E-state index in [1.54, 1.807) is 18.2 Å². The first-order valence-corrected chi connectivity index (χ1v) is 6.78. The lowest BCUT2D eigenvalue weighted by Gasteiger charge is -2.12. The number of rotatable bonds is 7. The van der Waals surface area contributed by atoms with E-state index in [-0.39, 0.29) is 12.1 Å². The molecule has 2 aromatic rings. The Kier molecular flexibility index (Phi) is 4.77. The van der Waals surface area contributed by atoms with Crippen LogP contribution >= 0.6 is 0 Å². The zero-order chi connectivity index (χ0) is 16.1. The number of H-pyrrole nitrogens is 1. The molecule has 0 aliphatic heterocycles.